The van der Waals surface area contributed by atoms with Crippen LogP contribution in [0.4, 0.5) is 0 Å². The topological polar surface area (TPSA) is 30.5 Å². The number of para-hydroxylation sites is 2. The molecule has 0 fully saturated rings. The third-order valence-corrected chi connectivity index (χ3v) is 3.45. The fraction of sp³-hybridized carbons (Fsp3) is 0.500. The standard InChI is InChI=1S/C16H23NO2/c1-4-12(3)10-13(17-5-2)16-11-18-14-8-6-7-9-15(14)19-16/h6-9,13,16-17H,3-5,10-11H2,1-2H3. The fourth-order valence-electron chi connectivity index (χ4n) is 2.29. The molecule has 1 aromatic rings. The second-order valence-electron chi connectivity index (χ2n) is 4.89. The third kappa shape index (κ3) is 3.51. The maximum absolute atomic E-state index is 6.06. The molecule has 0 radical (unpaired) electrons. The highest BCUT2D eigenvalue weighted by atomic mass is 16.6. The van der Waals surface area contributed by atoms with E-state index in [9.17, 15) is 0 Å². The lowest BCUT2D eigenvalue weighted by molar-refractivity contribution is 0.0622. The molecule has 1 N–H and O–H groups in total. The molecule has 0 bridgehead atoms. The monoisotopic (exact) mass is 261 g/mol. The van der Waals surface area contributed by atoms with Crippen LogP contribution in [0.1, 0.15) is 26.7 Å². The van der Waals surface area contributed by atoms with Crippen molar-refractivity contribution in [3.63, 3.8) is 0 Å². The van der Waals surface area contributed by atoms with Crippen molar-refractivity contribution in [3.8, 4) is 11.5 Å². The predicted molar refractivity (Wildman–Crippen MR) is 77.9 cm³/mol. The molecule has 0 saturated carbocycles. The minimum absolute atomic E-state index is 0.0400. The Morgan fingerprint density at radius 3 is 2.79 bits per heavy atom. The Hall–Kier alpha value is -1.48. The first-order valence-electron chi connectivity index (χ1n) is 7.03. The van der Waals surface area contributed by atoms with Crippen molar-refractivity contribution in [2.24, 2.45) is 0 Å². The third-order valence-electron chi connectivity index (χ3n) is 3.45. The zero-order valence-electron chi connectivity index (χ0n) is 11.8. The minimum atomic E-state index is 0.0400. The van der Waals surface area contributed by atoms with Crippen LogP contribution in [0.5, 0.6) is 11.5 Å². The zero-order chi connectivity index (χ0) is 13.7. The molecule has 0 aromatic heterocycles. The summed E-state index contributed by atoms with van der Waals surface area (Å²) in [5.74, 6) is 1.67. The summed E-state index contributed by atoms with van der Waals surface area (Å²) in [4.78, 5) is 0. The Balaban J connectivity index is 2.05. The van der Waals surface area contributed by atoms with Gasteiger partial charge in [0.05, 0.1) is 6.04 Å². The molecule has 2 unspecified atom stereocenters. The quantitative estimate of drug-likeness (QED) is 0.798. The number of hydrogen-bond acceptors (Lipinski definition) is 3. The van der Waals surface area contributed by atoms with Crippen molar-refractivity contribution in [2.45, 2.75) is 38.8 Å². The maximum atomic E-state index is 6.06. The smallest absolute Gasteiger partial charge is 0.161 e. The van der Waals surface area contributed by atoms with Gasteiger partial charge in [0.1, 0.15) is 12.7 Å². The van der Waals surface area contributed by atoms with E-state index >= 15 is 0 Å². The summed E-state index contributed by atoms with van der Waals surface area (Å²) in [7, 11) is 0. The predicted octanol–water partition coefficient (Wildman–Crippen LogP) is 3.16. The summed E-state index contributed by atoms with van der Waals surface area (Å²) in [6.45, 7) is 9.86. The van der Waals surface area contributed by atoms with Gasteiger partial charge in [0.2, 0.25) is 0 Å². The van der Waals surface area contributed by atoms with Crippen LogP contribution in [0.25, 0.3) is 0 Å². The van der Waals surface area contributed by atoms with Gasteiger partial charge >= 0.3 is 0 Å². The molecule has 104 valence electrons. The summed E-state index contributed by atoms with van der Waals surface area (Å²) in [6.07, 6.45) is 1.98. The summed E-state index contributed by atoms with van der Waals surface area (Å²) in [6, 6.07) is 8.09. The first kappa shape index (κ1) is 13.9. The zero-order valence-corrected chi connectivity index (χ0v) is 11.8. The van der Waals surface area contributed by atoms with Crippen LogP contribution in [0.2, 0.25) is 0 Å². The molecule has 19 heavy (non-hydrogen) atoms. The van der Waals surface area contributed by atoms with Crippen LogP contribution in [0, 0.1) is 0 Å². The molecule has 2 rings (SSSR count). The van der Waals surface area contributed by atoms with E-state index in [1.165, 1.54) is 5.57 Å². The van der Waals surface area contributed by atoms with Crippen molar-refractivity contribution in [1.82, 2.24) is 5.32 Å². The van der Waals surface area contributed by atoms with Crippen LogP contribution in [0.3, 0.4) is 0 Å². The van der Waals surface area contributed by atoms with Crippen LogP contribution in [0.15, 0.2) is 36.4 Å². The van der Waals surface area contributed by atoms with Gasteiger partial charge in [-0.15, -0.1) is 0 Å². The molecule has 1 aliphatic heterocycles. The summed E-state index contributed by atoms with van der Waals surface area (Å²) in [5.41, 5.74) is 1.24. The number of benzene rings is 1. The Labute approximate surface area is 115 Å². The van der Waals surface area contributed by atoms with E-state index in [1.54, 1.807) is 0 Å². The Morgan fingerprint density at radius 1 is 1.37 bits per heavy atom. The maximum Gasteiger partial charge on any atom is 0.161 e. The Kier molecular flexibility index (Phi) is 4.86. The number of fused-ring (bicyclic) bond motifs is 1. The number of ether oxygens (including phenoxy) is 2. The second-order valence-corrected chi connectivity index (χ2v) is 4.89. The van der Waals surface area contributed by atoms with Crippen molar-refractivity contribution in [3.05, 3.63) is 36.4 Å². The molecule has 2 atom stereocenters. The van der Waals surface area contributed by atoms with Crippen LogP contribution in [-0.4, -0.2) is 25.3 Å². The number of rotatable bonds is 6. The summed E-state index contributed by atoms with van der Waals surface area (Å²) >= 11 is 0. The van der Waals surface area contributed by atoms with Crippen LogP contribution in [-0.2, 0) is 0 Å². The van der Waals surface area contributed by atoms with Crippen LogP contribution >= 0.6 is 0 Å². The van der Waals surface area contributed by atoms with Gasteiger partial charge in [-0.25, -0.2) is 0 Å². The van der Waals surface area contributed by atoms with E-state index in [4.69, 9.17) is 9.47 Å². The number of likely N-dealkylation sites (N-methyl/N-ethyl adjacent to an activating group) is 1. The number of hydrogen-bond donors (Lipinski definition) is 1. The van der Waals surface area contributed by atoms with E-state index in [-0.39, 0.29) is 12.1 Å². The second kappa shape index (κ2) is 6.62. The van der Waals surface area contributed by atoms with E-state index in [2.05, 4.69) is 25.7 Å². The largest absolute Gasteiger partial charge is 0.486 e. The van der Waals surface area contributed by atoms with E-state index < -0.39 is 0 Å². The number of nitrogens with one attached hydrogen (secondary N) is 1. The highest BCUT2D eigenvalue weighted by Gasteiger charge is 2.28. The molecule has 0 aliphatic carbocycles. The van der Waals surface area contributed by atoms with Gasteiger partial charge in [0.25, 0.3) is 0 Å². The van der Waals surface area contributed by atoms with Gasteiger partial charge in [0, 0.05) is 0 Å². The molecular formula is C16H23NO2. The summed E-state index contributed by atoms with van der Waals surface area (Å²) < 4.78 is 11.8. The van der Waals surface area contributed by atoms with Gasteiger partial charge in [0.15, 0.2) is 11.5 Å². The lowest BCUT2D eigenvalue weighted by atomic mass is 10.0. The minimum Gasteiger partial charge on any atom is -0.486 e. The lowest BCUT2D eigenvalue weighted by Crippen LogP contribution is -2.48. The fourth-order valence-corrected chi connectivity index (χ4v) is 2.29. The molecule has 0 amide bonds. The Morgan fingerprint density at radius 2 is 2.11 bits per heavy atom. The van der Waals surface area contributed by atoms with Crippen LogP contribution < -0.4 is 14.8 Å². The first-order valence-corrected chi connectivity index (χ1v) is 7.03. The Bertz CT molecular complexity index is 431. The first-order chi connectivity index (χ1) is 9.24. The van der Waals surface area contributed by atoms with Crippen molar-refractivity contribution < 1.29 is 9.47 Å². The molecular weight excluding hydrogens is 238 g/mol. The molecule has 3 heteroatoms. The van der Waals surface area contributed by atoms with Gasteiger partial charge < -0.3 is 14.8 Å². The van der Waals surface area contributed by atoms with Gasteiger partial charge in [-0.05, 0) is 31.5 Å². The van der Waals surface area contributed by atoms with E-state index in [0.29, 0.717) is 6.61 Å². The highest BCUT2D eigenvalue weighted by molar-refractivity contribution is 5.40. The molecule has 1 heterocycles. The molecule has 3 nitrogen and oxygen atoms in total. The molecule has 0 spiro atoms. The van der Waals surface area contributed by atoms with Crippen molar-refractivity contribution in [1.29, 1.82) is 0 Å². The van der Waals surface area contributed by atoms with Crippen molar-refractivity contribution >= 4 is 0 Å². The lowest BCUT2D eigenvalue weighted by Gasteiger charge is -2.33. The van der Waals surface area contributed by atoms with Gasteiger partial charge in [-0.1, -0.05) is 38.1 Å². The van der Waals surface area contributed by atoms with Gasteiger partial charge in [-0.2, -0.15) is 0 Å². The summed E-state index contributed by atoms with van der Waals surface area (Å²) in [5, 5.41) is 3.48. The van der Waals surface area contributed by atoms with E-state index in [1.807, 2.05) is 24.3 Å². The highest BCUT2D eigenvalue weighted by Crippen LogP contribution is 2.32. The average molecular weight is 261 g/mol. The molecule has 1 aromatic carbocycles. The van der Waals surface area contributed by atoms with Gasteiger partial charge in [-0.3, -0.25) is 0 Å². The van der Waals surface area contributed by atoms with Crippen molar-refractivity contribution in [2.75, 3.05) is 13.2 Å². The molecule has 0 saturated heterocycles. The molecule has 1 aliphatic rings. The average Bonchev–Trinajstić information content (AvgIpc) is 2.46. The van der Waals surface area contributed by atoms with E-state index in [0.717, 1.165) is 30.9 Å². The SMILES string of the molecule is C=C(CC)CC(NCC)C1COc2ccccc2O1. The normalized spacial score (nSPS) is 18.9.